The number of hydrogen-bond donors (Lipinski definition) is 1. The highest BCUT2D eigenvalue weighted by Gasteiger charge is 2.03. The zero-order valence-electron chi connectivity index (χ0n) is 7.36. The number of nitrogens with zero attached hydrogens (tertiary/aromatic N) is 2. The van der Waals surface area contributed by atoms with Gasteiger partial charge in [-0.2, -0.15) is 5.10 Å². The number of aryl methyl sites for hydroxylation is 1. The molecule has 0 fully saturated rings. The normalized spacial score (nSPS) is 10.5. The summed E-state index contributed by atoms with van der Waals surface area (Å²) in [6, 6.07) is 5.76. The number of hydrogen-bond acceptors (Lipinski definition) is 3. The second-order valence-corrected chi connectivity index (χ2v) is 2.90. The van der Waals surface area contributed by atoms with Gasteiger partial charge in [0.15, 0.2) is 0 Å². The Hall–Kier alpha value is -1.64. The molecule has 3 heteroatoms. The molecule has 2 rings (SSSR count). The van der Waals surface area contributed by atoms with Crippen molar-refractivity contribution in [3.05, 3.63) is 30.0 Å². The van der Waals surface area contributed by atoms with Crippen LogP contribution < -0.4 is 0 Å². The van der Waals surface area contributed by atoms with Gasteiger partial charge in [0.05, 0.1) is 11.7 Å². The van der Waals surface area contributed by atoms with Gasteiger partial charge in [-0.25, -0.2) is 0 Å². The second-order valence-electron chi connectivity index (χ2n) is 2.90. The summed E-state index contributed by atoms with van der Waals surface area (Å²) >= 11 is 0. The predicted octanol–water partition coefficient (Wildman–Crippen LogP) is 1.90. The minimum absolute atomic E-state index is 0.195. The number of aromatic nitrogens is 2. The Labute approximate surface area is 76.0 Å². The average Bonchev–Trinajstić information content (AvgIpc) is 2.18. The highest BCUT2D eigenvalue weighted by Crippen LogP contribution is 2.23. The summed E-state index contributed by atoms with van der Waals surface area (Å²) in [6.45, 7) is 2.06. The van der Waals surface area contributed by atoms with Crippen LogP contribution in [0.2, 0.25) is 0 Å². The van der Waals surface area contributed by atoms with Crippen LogP contribution in [0.25, 0.3) is 10.9 Å². The van der Waals surface area contributed by atoms with Gasteiger partial charge in [0.2, 0.25) is 0 Å². The molecule has 13 heavy (non-hydrogen) atoms. The summed E-state index contributed by atoms with van der Waals surface area (Å²) in [5, 5.41) is 18.0. The van der Waals surface area contributed by atoms with Gasteiger partial charge in [0, 0.05) is 5.39 Å². The summed E-state index contributed by atoms with van der Waals surface area (Å²) in [5.41, 5.74) is 1.91. The van der Waals surface area contributed by atoms with Crippen LogP contribution in [0.4, 0.5) is 0 Å². The van der Waals surface area contributed by atoms with E-state index in [0.29, 0.717) is 0 Å². The van der Waals surface area contributed by atoms with Crippen LogP contribution in [0.5, 0.6) is 5.75 Å². The molecule has 0 aliphatic heterocycles. The van der Waals surface area contributed by atoms with E-state index in [0.717, 1.165) is 22.9 Å². The fourth-order valence-corrected chi connectivity index (χ4v) is 1.41. The third-order valence-electron chi connectivity index (χ3n) is 2.11. The van der Waals surface area contributed by atoms with Gasteiger partial charge in [-0.3, -0.25) is 0 Å². The molecule has 0 unspecified atom stereocenters. The number of benzene rings is 1. The van der Waals surface area contributed by atoms with Crippen molar-refractivity contribution >= 4 is 10.9 Å². The molecule has 0 saturated carbocycles. The van der Waals surface area contributed by atoms with Crippen LogP contribution in [0, 0.1) is 0 Å². The molecule has 1 aromatic heterocycles. The molecule has 0 bridgehead atoms. The van der Waals surface area contributed by atoms with E-state index >= 15 is 0 Å². The molecule has 66 valence electrons. The van der Waals surface area contributed by atoms with Crippen LogP contribution in [-0.4, -0.2) is 15.3 Å². The minimum atomic E-state index is 0.195. The van der Waals surface area contributed by atoms with E-state index in [9.17, 15) is 5.11 Å². The molecular weight excluding hydrogens is 164 g/mol. The van der Waals surface area contributed by atoms with E-state index in [4.69, 9.17) is 0 Å². The molecule has 0 spiro atoms. The molecule has 0 radical (unpaired) electrons. The van der Waals surface area contributed by atoms with Crippen molar-refractivity contribution in [3.8, 4) is 5.75 Å². The molecule has 0 aliphatic rings. The maximum Gasteiger partial charge on any atom is 0.145 e. The SMILES string of the molecule is CCc1cccc2c(O)cnnc12. The molecule has 1 aromatic carbocycles. The summed E-state index contributed by atoms with van der Waals surface area (Å²) in [4.78, 5) is 0. The van der Waals surface area contributed by atoms with E-state index in [-0.39, 0.29) is 5.75 Å². The highest BCUT2D eigenvalue weighted by atomic mass is 16.3. The standard InChI is InChI=1S/C10H10N2O/c1-2-7-4-3-5-8-9(13)6-11-12-10(7)8/h3-6H,2H2,1H3,(H,12,13). The summed E-state index contributed by atoms with van der Waals surface area (Å²) in [6.07, 6.45) is 2.26. The van der Waals surface area contributed by atoms with E-state index < -0.39 is 0 Å². The Morgan fingerprint density at radius 2 is 2.23 bits per heavy atom. The smallest absolute Gasteiger partial charge is 0.145 e. The van der Waals surface area contributed by atoms with Crippen LogP contribution in [0.15, 0.2) is 24.4 Å². The maximum absolute atomic E-state index is 9.49. The summed E-state index contributed by atoms with van der Waals surface area (Å²) in [7, 11) is 0. The van der Waals surface area contributed by atoms with Gasteiger partial charge in [0.1, 0.15) is 5.75 Å². The van der Waals surface area contributed by atoms with Gasteiger partial charge < -0.3 is 5.11 Å². The zero-order chi connectivity index (χ0) is 9.26. The number of rotatable bonds is 1. The molecular formula is C10H10N2O. The largest absolute Gasteiger partial charge is 0.506 e. The molecule has 0 aliphatic carbocycles. The van der Waals surface area contributed by atoms with Gasteiger partial charge in [-0.05, 0) is 18.1 Å². The fourth-order valence-electron chi connectivity index (χ4n) is 1.41. The van der Waals surface area contributed by atoms with Crippen LogP contribution in [0.3, 0.4) is 0 Å². The van der Waals surface area contributed by atoms with Gasteiger partial charge in [0.25, 0.3) is 0 Å². The molecule has 0 atom stereocenters. The van der Waals surface area contributed by atoms with E-state index in [2.05, 4.69) is 17.1 Å². The van der Waals surface area contributed by atoms with E-state index in [1.165, 1.54) is 6.20 Å². The van der Waals surface area contributed by atoms with Crippen molar-refractivity contribution in [2.75, 3.05) is 0 Å². The maximum atomic E-state index is 9.49. The Morgan fingerprint density at radius 1 is 1.38 bits per heavy atom. The second kappa shape index (κ2) is 3.01. The van der Waals surface area contributed by atoms with E-state index in [1.54, 1.807) is 0 Å². The Morgan fingerprint density at radius 3 is 3.00 bits per heavy atom. The molecule has 1 N–H and O–H groups in total. The zero-order valence-corrected chi connectivity index (χ0v) is 7.36. The topological polar surface area (TPSA) is 46.0 Å². The third-order valence-corrected chi connectivity index (χ3v) is 2.11. The Bertz CT molecular complexity index is 440. The van der Waals surface area contributed by atoms with Crippen molar-refractivity contribution in [1.82, 2.24) is 10.2 Å². The number of fused-ring (bicyclic) bond motifs is 1. The van der Waals surface area contributed by atoms with Gasteiger partial charge in [-0.1, -0.05) is 19.1 Å². The molecule has 0 amide bonds. The predicted molar refractivity (Wildman–Crippen MR) is 50.6 cm³/mol. The Balaban J connectivity index is 2.84. The lowest BCUT2D eigenvalue weighted by molar-refractivity contribution is 0.478. The van der Waals surface area contributed by atoms with Gasteiger partial charge in [-0.15, -0.1) is 5.10 Å². The van der Waals surface area contributed by atoms with Crippen molar-refractivity contribution in [2.45, 2.75) is 13.3 Å². The first-order valence-electron chi connectivity index (χ1n) is 4.25. The monoisotopic (exact) mass is 174 g/mol. The lowest BCUT2D eigenvalue weighted by atomic mass is 10.1. The lowest BCUT2D eigenvalue weighted by Gasteiger charge is -2.02. The highest BCUT2D eigenvalue weighted by molar-refractivity contribution is 5.86. The fraction of sp³-hybridized carbons (Fsp3) is 0.200. The first-order chi connectivity index (χ1) is 6.33. The van der Waals surface area contributed by atoms with Crippen LogP contribution >= 0.6 is 0 Å². The average molecular weight is 174 g/mol. The lowest BCUT2D eigenvalue weighted by Crippen LogP contribution is -1.89. The van der Waals surface area contributed by atoms with Crippen LogP contribution in [0.1, 0.15) is 12.5 Å². The van der Waals surface area contributed by atoms with Crippen molar-refractivity contribution < 1.29 is 5.11 Å². The summed E-state index contributed by atoms with van der Waals surface area (Å²) < 4.78 is 0. The van der Waals surface area contributed by atoms with Crippen molar-refractivity contribution in [1.29, 1.82) is 0 Å². The van der Waals surface area contributed by atoms with Crippen LogP contribution in [-0.2, 0) is 6.42 Å². The minimum Gasteiger partial charge on any atom is -0.506 e. The first-order valence-corrected chi connectivity index (χ1v) is 4.25. The Kier molecular flexibility index (Phi) is 1.85. The quantitative estimate of drug-likeness (QED) is 0.718. The first kappa shape index (κ1) is 7.98. The number of aromatic hydroxyl groups is 1. The van der Waals surface area contributed by atoms with Crippen molar-refractivity contribution in [3.63, 3.8) is 0 Å². The molecule has 0 saturated heterocycles. The summed E-state index contributed by atoms with van der Waals surface area (Å²) in [5.74, 6) is 0.195. The molecule has 3 nitrogen and oxygen atoms in total. The molecule has 1 heterocycles. The van der Waals surface area contributed by atoms with Gasteiger partial charge >= 0.3 is 0 Å². The van der Waals surface area contributed by atoms with Crippen molar-refractivity contribution in [2.24, 2.45) is 0 Å². The third kappa shape index (κ3) is 1.22. The van der Waals surface area contributed by atoms with E-state index in [1.807, 2.05) is 18.2 Å². The molecule has 2 aromatic rings.